The van der Waals surface area contributed by atoms with Crippen LogP contribution < -0.4 is 21.3 Å². The molecule has 30 heteroatoms. The molecule has 0 aliphatic carbocycles. The molecule has 21 nitrogen and oxygen atoms in total. The van der Waals surface area contributed by atoms with Crippen LogP contribution in [0.3, 0.4) is 0 Å². The van der Waals surface area contributed by atoms with Crippen LogP contribution >= 0.6 is 112 Å². The average Bonchev–Trinajstić information content (AvgIpc) is 4.22. The minimum atomic E-state index is -0.935. The number of aliphatic hydroxyl groups excluding tert-OH is 4. The van der Waals surface area contributed by atoms with Crippen LogP contribution in [0.15, 0.2) is 47.3 Å². The van der Waals surface area contributed by atoms with Gasteiger partial charge in [-0.3, -0.25) is 29.8 Å². The number of carbonyl (C=O) groups is 2. The number of amidine groups is 4. The van der Waals surface area contributed by atoms with E-state index in [9.17, 15) is 9.59 Å². The van der Waals surface area contributed by atoms with E-state index in [1.165, 1.54) is 41.9 Å². The first-order valence-electron chi connectivity index (χ1n) is 24.5. The number of thioether (sulfide) groups is 1. The van der Waals surface area contributed by atoms with Crippen LogP contribution in [0.2, 0.25) is 0 Å². The van der Waals surface area contributed by atoms with Crippen molar-refractivity contribution in [2.24, 2.45) is 58.4 Å². The first-order valence-corrected chi connectivity index (χ1v) is 27.5. The average molecular weight is 1290 g/mol. The highest BCUT2D eigenvalue weighted by Crippen LogP contribution is 2.24. The SMILES string of the molecule is C=C(C)C(=O)O.CC(C)(CSCCO)C(=O)O.CC(C)(N=NC(C)(C)C1=NCCN1)C1=NCCC1.CC(C)C1=NCCN1.CC(C)C1=NCCN1.CC(C)C1=NCCN1.Cl.Cl.Cl.Cl.Cl.N#N.OCCS.OCCS.OCCS. The van der Waals surface area contributed by atoms with E-state index in [4.69, 9.17) is 41.4 Å². The van der Waals surface area contributed by atoms with Crippen LogP contribution in [0, 0.1) is 34.0 Å². The second-order valence-corrected chi connectivity index (χ2v) is 20.8. The zero-order valence-electron chi connectivity index (χ0n) is 48.4. The molecule has 0 spiro atoms. The fraction of sp³-hybridized carbons (Fsp3) is 0.812. The molecule has 0 radical (unpaired) electrons. The Morgan fingerprint density at radius 1 is 0.603 bits per heavy atom. The topological polar surface area (TPSA) is 338 Å². The largest absolute Gasteiger partial charge is 0.481 e. The molecule has 0 aromatic heterocycles. The minimum Gasteiger partial charge on any atom is -0.481 e. The van der Waals surface area contributed by atoms with Crippen molar-refractivity contribution in [2.75, 3.05) is 114 Å². The third-order valence-electron chi connectivity index (χ3n) is 9.07. The molecule has 0 atom stereocenters. The molecule has 0 unspecified atom stereocenters. The predicted octanol–water partition coefficient (Wildman–Crippen LogP) is 7.50. The Morgan fingerprint density at radius 3 is 1.13 bits per heavy atom. The van der Waals surface area contributed by atoms with Gasteiger partial charge < -0.3 is 51.9 Å². The Kier molecular flexibility index (Phi) is 78.6. The summed E-state index contributed by atoms with van der Waals surface area (Å²) in [6, 6.07) is 0. The van der Waals surface area contributed by atoms with Crippen molar-refractivity contribution in [1.29, 1.82) is 10.8 Å². The molecule has 5 heterocycles. The first kappa shape index (κ1) is 98.1. The number of nitrogens with one attached hydrogen (secondary N) is 4. The summed E-state index contributed by atoms with van der Waals surface area (Å²) in [5, 5.41) is 82.3. The van der Waals surface area contributed by atoms with Gasteiger partial charge in [0.25, 0.3) is 0 Å². The summed E-state index contributed by atoms with van der Waals surface area (Å²) in [5.41, 5.74) is 0.0121. The number of hydrogen-bond donors (Lipinski definition) is 13. The molecule has 466 valence electrons. The molecule has 0 aromatic rings. The molecule has 5 rings (SSSR count). The molecule has 0 fully saturated rings. The molecular weight excluding hydrogens is 1190 g/mol. The molecule has 0 saturated heterocycles. The number of thiol groups is 3. The standard InChI is InChI=1S/C13H23N5.C7H14O3S.3C6H12N2.C4H6O2.3C2H6OS.5ClH.N2/c1-12(2,10-6-5-7-14-10)17-18-13(3,4)11-15-8-9-16-11;1-7(2,6(9)10)5-11-4-3-8;3*1-5(2)6-7-3-4-8-6;1-3(2)4(5)6;3*3-1-2-4;;;;;;1-2/h5-9H2,1-4H3,(H,15,16);8H,3-5H2,1-2H3,(H,9,10);3*5H,3-4H2,1-2H3,(H,7,8);1H2,2H3,(H,5,6);3*3-4H,1-2H2;5*1H;. The van der Waals surface area contributed by atoms with E-state index in [1.54, 1.807) is 13.8 Å². The van der Waals surface area contributed by atoms with E-state index >= 15 is 0 Å². The molecule has 0 amide bonds. The summed E-state index contributed by atoms with van der Waals surface area (Å²) < 4.78 is 0. The Morgan fingerprint density at radius 2 is 0.923 bits per heavy atom. The van der Waals surface area contributed by atoms with E-state index in [1.807, 2.05) is 13.8 Å². The molecule has 78 heavy (non-hydrogen) atoms. The van der Waals surface area contributed by atoms with Crippen LogP contribution in [0.4, 0.5) is 0 Å². The van der Waals surface area contributed by atoms with Gasteiger partial charge in [-0.05, 0) is 61.3 Å². The molecule has 5 aliphatic rings. The highest BCUT2D eigenvalue weighted by molar-refractivity contribution is 7.99. The van der Waals surface area contributed by atoms with Crippen LogP contribution in [0.1, 0.15) is 103 Å². The van der Waals surface area contributed by atoms with Gasteiger partial charge in [0.2, 0.25) is 0 Å². The van der Waals surface area contributed by atoms with E-state index in [2.05, 4.69) is 156 Å². The Bertz CT molecular complexity index is 1550. The number of azo groups is 1. The Balaban J connectivity index is -0.0000000861. The van der Waals surface area contributed by atoms with E-state index in [-0.39, 0.29) is 105 Å². The lowest BCUT2D eigenvalue weighted by Crippen LogP contribution is -2.39. The second-order valence-electron chi connectivity index (χ2n) is 18.3. The summed E-state index contributed by atoms with van der Waals surface area (Å²) in [7, 11) is 0. The molecule has 0 aromatic carbocycles. The van der Waals surface area contributed by atoms with E-state index in [0.717, 1.165) is 77.6 Å². The van der Waals surface area contributed by atoms with Crippen molar-refractivity contribution in [3.63, 3.8) is 0 Å². The van der Waals surface area contributed by atoms with Gasteiger partial charge in [0.05, 0.1) is 75.5 Å². The summed E-state index contributed by atoms with van der Waals surface area (Å²) in [6.45, 7) is 38.5. The van der Waals surface area contributed by atoms with Gasteiger partial charge in [-0.2, -0.15) is 59.9 Å². The molecule has 0 bridgehead atoms. The second kappa shape index (κ2) is 62.5. The summed E-state index contributed by atoms with van der Waals surface area (Å²) in [6.07, 6.45) is 2.19. The molecular formula is C48H102Cl5N13O8S4. The lowest BCUT2D eigenvalue weighted by atomic mass is 9.97. The normalized spacial score (nSPS) is 14.0. The Hall–Kier alpha value is -2.06. The zero-order valence-corrected chi connectivity index (χ0v) is 56.0. The quantitative estimate of drug-likeness (QED) is 0.0234. The number of hydrogen-bond acceptors (Lipinski definition) is 23. The number of aliphatic hydroxyl groups is 4. The monoisotopic (exact) mass is 1290 g/mol. The smallest absolute Gasteiger partial charge is 0.330 e. The van der Waals surface area contributed by atoms with E-state index < -0.39 is 17.4 Å². The van der Waals surface area contributed by atoms with Crippen LogP contribution in [-0.2, 0) is 9.59 Å². The van der Waals surface area contributed by atoms with E-state index in [0.29, 0.717) is 46.5 Å². The van der Waals surface area contributed by atoms with Crippen molar-refractivity contribution >= 4 is 153 Å². The van der Waals surface area contributed by atoms with Crippen molar-refractivity contribution in [3.8, 4) is 0 Å². The summed E-state index contributed by atoms with van der Waals surface area (Å²) >= 11 is 12.5. The first-order chi connectivity index (χ1) is 34.2. The lowest BCUT2D eigenvalue weighted by molar-refractivity contribution is -0.145. The van der Waals surface area contributed by atoms with Crippen LogP contribution in [-0.4, -0.2) is 197 Å². The van der Waals surface area contributed by atoms with Gasteiger partial charge in [-0.25, -0.2) is 4.79 Å². The highest BCUT2D eigenvalue weighted by atomic mass is 35.5. The molecule has 10 N–H and O–H groups in total. The van der Waals surface area contributed by atoms with Gasteiger partial charge in [-0.1, -0.05) is 48.1 Å². The number of halogens is 5. The maximum Gasteiger partial charge on any atom is 0.330 e. The summed E-state index contributed by atoms with van der Waals surface area (Å²) in [4.78, 5) is 41.8. The third-order valence-corrected chi connectivity index (χ3v) is 11.1. The Labute approximate surface area is 520 Å². The van der Waals surface area contributed by atoms with Crippen LogP contribution in [0.25, 0.3) is 0 Å². The number of aliphatic imine (C=N–C) groups is 5. The predicted molar refractivity (Wildman–Crippen MR) is 351 cm³/mol. The highest BCUT2D eigenvalue weighted by Gasteiger charge is 2.31. The van der Waals surface area contributed by atoms with Crippen molar-refractivity contribution in [1.82, 2.24) is 21.3 Å². The fourth-order valence-corrected chi connectivity index (χ4v) is 5.97. The van der Waals surface area contributed by atoms with Gasteiger partial charge in [0.1, 0.15) is 16.9 Å². The maximum absolute atomic E-state index is 10.5. The van der Waals surface area contributed by atoms with Crippen molar-refractivity contribution in [3.05, 3.63) is 12.2 Å². The number of aliphatic carboxylic acids is 2. The lowest BCUT2D eigenvalue weighted by Gasteiger charge is -2.23. The van der Waals surface area contributed by atoms with Gasteiger partial charge >= 0.3 is 11.9 Å². The zero-order chi connectivity index (χ0) is 57.5. The molecule has 0 saturated carbocycles. The van der Waals surface area contributed by atoms with Gasteiger partial charge in [0, 0.05) is 101 Å². The molecule has 5 aliphatic heterocycles. The third kappa shape index (κ3) is 57.2. The number of carboxylic acids is 2. The number of carboxylic acid groups (broad SMARTS) is 2. The minimum absolute atomic E-state index is 0. The van der Waals surface area contributed by atoms with Crippen molar-refractivity contribution in [2.45, 2.75) is 114 Å². The fourth-order valence-electron chi connectivity index (χ4n) is 5.06. The van der Waals surface area contributed by atoms with Gasteiger partial charge in [-0.15, -0.1) is 62.0 Å². The summed E-state index contributed by atoms with van der Waals surface area (Å²) in [5.74, 6) is 7.33. The number of rotatable bonds is 16. The van der Waals surface area contributed by atoms with Crippen LogP contribution in [0.5, 0.6) is 0 Å². The van der Waals surface area contributed by atoms with Crippen molar-refractivity contribution < 1.29 is 40.2 Å². The maximum atomic E-state index is 10.5. The van der Waals surface area contributed by atoms with Gasteiger partial charge in [0.15, 0.2) is 0 Å². The number of nitrogens with zero attached hydrogens (tertiary/aromatic N) is 9.